The molecular formula is C17H13N3O3S. The molecule has 0 radical (unpaired) electrons. The molecule has 0 unspecified atom stereocenters. The summed E-state index contributed by atoms with van der Waals surface area (Å²) in [5.41, 5.74) is 1.25. The summed E-state index contributed by atoms with van der Waals surface area (Å²) in [5.74, 6) is 0. The van der Waals surface area contributed by atoms with Crippen molar-refractivity contribution >= 4 is 26.6 Å². The molecule has 1 aromatic heterocycles. The molecule has 3 aromatic rings. The van der Waals surface area contributed by atoms with Crippen molar-refractivity contribution in [2.24, 2.45) is 0 Å². The molecule has 0 spiro atoms. The molecule has 0 amide bonds. The van der Waals surface area contributed by atoms with Gasteiger partial charge >= 0.3 is 0 Å². The first-order valence-corrected chi connectivity index (χ1v) is 8.55. The minimum absolute atomic E-state index is 0.0646. The summed E-state index contributed by atoms with van der Waals surface area (Å²) in [6, 6.07) is 14.4. The Morgan fingerprint density at radius 2 is 1.88 bits per heavy atom. The number of anilines is 1. The van der Waals surface area contributed by atoms with E-state index in [1.54, 1.807) is 43.3 Å². The number of pyridine rings is 1. The van der Waals surface area contributed by atoms with Crippen LogP contribution in [0, 0.1) is 18.3 Å². The first-order valence-electron chi connectivity index (χ1n) is 7.06. The summed E-state index contributed by atoms with van der Waals surface area (Å²) >= 11 is 0. The van der Waals surface area contributed by atoms with Crippen molar-refractivity contribution < 1.29 is 8.42 Å². The highest BCUT2D eigenvalue weighted by Crippen LogP contribution is 2.22. The molecule has 0 saturated carbocycles. The van der Waals surface area contributed by atoms with E-state index in [0.29, 0.717) is 16.8 Å². The molecule has 120 valence electrons. The van der Waals surface area contributed by atoms with Gasteiger partial charge in [-0.15, -0.1) is 0 Å². The second-order valence-electron chi connectivity index (χ2n) is 5.30. The van der Waals surface area contributed by atoms with Crippen molar-refractivity contribution in [3.05, 3.63) is 70.0 Å². The van der Waals surface area contributed by atoms with Crippen LogP contribution in [0.2, 0.25) is 0 Å². The largest absolute Gasteiger partial charge is 0.322 e. The monoisotopic (exact) mass is 339 g/mol. The van der Waals surface area contributed by atoms with Crippen molar-refractivity contribution in [2.45, 2.75) is 11.8 Å². The molecule has 1 heterocycles. The second-order valence-corrected chi connectivity index (χ2v) is 6.95. The van der Waals surface area contributed by atoms with Gasteiger partial charge in [0.1, 0.15) is 11.0 Å². The Morgan fingerprint density at radius 3 is 2.62 bits per heavy atom. The Balaban J connectivity index is 2.04. The van der Waals surface area contributed by atoms with Gasteiger partial charge < -0.3 is 4.98 Å². The zero-order chi connectivity index (χ0) is 17.3. The third kappa shape index (κ3) is 2.87. The second kappa shape index (κ2) is 5.83. The van der Waals surface area contributed by atoms with E-state index in [4.69, 9.17) is 5.26 Å². The number of hydrogen-bond donors (Lipinski definition) is 2. The Hall–Kier alpha value is -3.11. The molecule has 2 N–H and O–H groups in total. The molecule has 0 atom stereocenters. The minimum Gasteiger partial charge on any atom is -0.322 e. The van der Waals surface area contributed by atoms with E-state index in [0.717, 1.165) is 5.39 Å². The third-order valence-corrected chi connectivity index (χ3v) is 5.02. The molecule has 3 rings (SSSR count). The molecule has 7 heteroatoms. The highest BCUT2D eigenvalue weighted by Gasteiger charge is 2.18. The third-order valence-electron chi connectivity index (χ3n) is 3.58. The molecule has 0 bridgehead atoms. The molecule has 0 aliphatic heterocycles. The lowest BCUT2D eigenvalue weighted by atomic mass is 10.1. The molecule has 2 aromatic carbocycles. The van der Waals surface area contributed by atoms with Crippen LogP contribution in [0.5, 0.6) is 0 Å². The fourth-order valence-corrected chi connectivity index (χ4v) is 3.59. The SMILES string of the molecule is Cc1cc2ccc(NS(=O)(=O)c3ccccc3C#N)cc2[nH]c1=O. The maximum Gasteiger partial charge on any atom is 0.263 e. The predicted octanol–water partition coefficient (Wildman–Crippen LogP) is 2.51. The zero-order valence-corrected chi connectivity index (χ0v) is 13.5. The molecule has 0 saturated heterocycles. The van der Waals surface area contributed by atoms with Crippen LogP contribution < -0.4 is 10.3 Å². The minimum atomic E-state index is -3.91. The highest BCUT2D eigenvalue weighted by atomic mass is 32.2. The van der Waals surface area contributed by atoms with E-state index >= 15 is 0 Å². The van der Waals surface area contributed by atoms with Gasteiger partial charge in [0, 0.05) is 5.56 Å². The highest BCUT2D eigenvalue weighted by molar-refractivity contribution is 7.92. The number of hydrogen-bond acceptors (Lipinski definition) is 4. The van der Waals surface area contributed by atoms with Gasteiger partial charge in [0.05, 0.1) is 16.8 Å². The number of sulfonamides is 1. The normalized spacial score (nSPS) is 11.2. The van der Waals surface area contributed by atoms with Crippen LogP contribution in [0.4, 0.5) is 5.69 Å². The number of nitriles is 1. The summed E-state index contributed by atoms with van der Waals surface area (Å²) in [6.07, 6.45) is 0. The first kappa shape index (κ1) is 15.8. The fourth-order valence-electron chi connectivity index (χ4n) is 2.38. The van der Waals surface area contributed by atoms with E-state index < -0.39 is 10.0 Å². The maximum atomic E-state index is 12.5. The van der Waals surface area contributed by atoms with Crippen LogP contribution in [0.25, 0.3) is 10.9 Å². The number of aromatic amines is 1. The van der Waals surface area contributed by atoms with E-state index in [2.05, 4.69) is 9.71 Å². The fraction of sp³-hybridized carbons (Fsp3) is 0.0588. The molecule has 0 aliphatic carbocycles. The number of aromatic nitrogens is 1. The van der Waals surface area contributed by atoms with Gasteiger partial charge in [-0.2, -0.15) is 5.26 Å². The zero-order valence-electron chi connectivity index (χ0n) is 12.7. The number of aryl methyl sites for hydroxylation is 1. The molecule has 6 nitrogen and oxygen atoms in total. The van der Waals surface area contributed by atoms with Gasteiger partial charge in [0.15, 0.2) is 0 Å². The summed E-state index contributed by atoms with van der Waals surface area (Å²) in [4.78, 5) is 14.3. The van der Waals surface area contributed by atoms with Crippen molar-refractivity contribution in [1.29, 1.82) is 5.26 Å². The van der Waals surface area contributed by atoms with Crippen molar-refractivity contribution in [3.8, 4) is 6.07 Å². The van der Waals surface area contributed by atoms with Crippen molar-refractivity contribution in [2.75, 3.05) is 4.72 Å². The predicted molar refractivity (Wildman–Crippen MR) is 91.3 cm³/mol. The number of benzene rings is 2. The number of rotatable bonds is 3. The topological polar surface area (TPSA) is 103 Å². The van der Waals surface area contributed by atoms with Crippen LogP contribution >= 0.6 is 0 Å². The number of nitrogens with one attached hydrogen (secondary N) is 2. The summed E-state index contributed by atoms with van der Waals surface area (Å²) < 4.78 is 27.4. The van der Waals surface area contributed by atoms with Crippen LogP contribution in [-0.4, -0.2) is 13.4 Å². The van der Waals surface area contributed by atoms with Gasteiger partial charge in [-0.25, -0.2) is 8.42 Å². The van der Waals surface area contributed by atoms with E-state index in [1.807, 2.05) is 6.07 Å². The average molecular weight is 339 g/mol. The first-order chi connectivity index (χ1) is 11.4. The lowest BCUT2D eigenvalue weighted by Crippen LogP contribution is -2.14. The smallest absolute Gasteiger partial charge is 0.263 e. The van der Waals surface area contributed by atoms with Crippen LogP contribution in [0.1, 0.15) is 11.1 Å². The van der Waals surface area contributed by atoms with Gasteiger partial charge in [0.25, 0.3) is 15.6 Å². The van der Waals surface area contributed by atoms with Crippen LogP contribution in [-0.2, 0) is 10.0 Å². The molecule has 0 aliphatic rings. The molecule has 0 fully saturated rings. The van der Waals surface area contributed by atoms with Crippen LogP contribution in [0.3, 0.4) is 0 Å². The van der Waals surface area contributed by atoms with Gasteiger partial charge in [-0.05, 0) is 42.6 Å². The number of fused-ring (bicyclic) bond motifs is 1. The summed E-state index contributed by atoms with van der Waals surface area (Å²) in [7, 11) is -3.91. The van der Waals surface area contributed by atoms with Gasteiger partial charge in [-0.3, -0.25) is 9.52 Å². The average Bonchev–Trinajstić information content (AvgIpc) is 2.56. The van der Waals surface area contributed by atoms with E-state index in [9.17, 15) is 13.2 Å². The van der Waals surface area contributed by atoms with E-state index in [-0.39, 0.29) is 16.0 Å². The van der Waals surface area contributed by atoms with Crippen molar-refractivity contribution in [1.82, 2.24) is 4.98 Å². The number of H-pyrrole nitrogens is 1. The lowest BCUT2D eigenvalue weighted by Gasteiger charge is -2.10. The van der Waals surface area contributed by atoms with Crippen LogP contribution in [0.15, 0.2) is 58.2 Å². The summed E-state index contributed by atoms with van der Waals surface area (Å²) in [6.45, 7) is 1.70. The molecule has 24 heavy (non-hydrogen) atoms. The Kier molecular flexibility index (Phi) is 3.83. The van der Waals surface area contributed by atoms with Gasteiger partial charge in [-0.1, -0.05) is 18.2 Å². The van der Waals surface area contributed by atoms with Crippen molar-refractivity contribution in [3.63, 3.8) is 0 Å². The Bertz CT molecular complexity index is 1140. The lowest BCUT2D eigenvalue weighted by molar-refractivity contribution is 0.601. The van der Waals surface area contributed by atoms with E-state index in [1.165, 1.54) is 12.1 Å². The molecular weight excluding hydrogens is 326 g/mol. The standard InChI is InChI=1S/C17H13N3O3S/c1-11-8-12-6-7-14(9-15(12)19-17(11)21)20-24(22,23)16-5-3-2-4-13(16)10-18/h2-9,20H,1H3,(H,19,21). The quantitative estimate of drug-likeness (QED) is 0.765. The van der Waals surface area contributed by atoms with Gasteiger partial charge in [0.2, 0.25) is 0 Å². The summed E-state index contributed by atoms with van der Waals surface area (Å²) in [5, 5.41) is 9.86. The maximum absolute atomic E-state index is 12.5. The number of nitrogens with zero attached hydrogens (tertiary/aromatic N) is 1. The Morgan fingerprint density at radius 1 is 1.12 bits per heavy atom. The Labute approximate surface area is 138 Å².